The van der Waals surface area contributed by atoms with Crippen LogP contribution in [0.15, 0.2) is 121 Å². The molecular weight excluding hydrogens is 678 g/mol. The van der Waals surface area contributed by atoms with E-state index in [0.29, 0.717) is 91.9 Å². The van der Waals surface area contributed by atoms with Crippen LogP contribution in [0.1, 0.15) is 57.5 Å². The minimum Gasteiger partial charge on any atom is -0.494 e. The van der Waals surface area contributed by atoms with Crippen LogP contribution in [0, 0.1) is 6.92 Å². The van der Waals surface area contributed by atoms with Gasteiger partial charge in [-0.1, -0.05) is 13.2 Å². The highest BCUT2D eigenvalue weighted by Crippen LogP contribution is 2.23. The predicted molar refractivity (Wildman–Crippen MR) is 199 cm³/mol. The Balaban J connectivity index is 1.19. The maximum atomic E-state index is 12.8. The Labute approximate surface area is 308 Å². The van der Waals surface area contributed by atoms with E-state index in [-0.39, 0.29) is 0 Å². The number of nitrogens with zero attached hydrogens (tertiary/aromatic N) is 1. The van der Waals surface area contributed by atoms with Gasteiger partial charge in [0.25, 0.3) is 0 Å². The number of carbonyl (C=O) groups is 4. The summed E-state index contributed by atoms with van der Waals surface area (Å²) in [5.74, 6) is 0.138. The van der Waals surface area contributed by atoms with E-state index in [9.17, 15) is 19.2 Å². The number of hydrogen-bond acceptors (Lipinski definition) is 11. The van der Waals surface area contributed by atoms with Crippen molar-refractivity contribution in [1.29, 1.82) is 0 Å². The van der Waals surface area contributed by atoms with Crippen LogP contribution < -0.4 is 18.9 Å². The summed E-state index contributed by atoms with van der Waals surface area (Å²) >= 11 is 0. The zero-order valence-corrected chi connectivity index (χ0v) is 29.5. The average molecular weight is 720 g/mol. The van der Waals surface area contributed by atoms with Gasteiger partial charge in [0.2, 0.25) is 0 Å². The molecule has 0 unspecified atom stereocenters. The topological polar surface area (TPSA) is 136 Å². The third-order valence-electron chi connectivity index (χ3n) is 7.43. The molecule has 0 spiro atoms. The molecule has 0 aliphatic heterocycles. The molecule has 0 radical (unpaired) electrons. The summed E-state index contributed by atoms with van der Waals surface area (Å²) in [6.07, 6.45) is 6.68. The lowest BCUT2D eigenvalue weighted by atomic mass is 10.1. The molecule has 0 amide bonds. The quantitative estimate of drug-likeness (QED) is 0.0291. The molecule has 0 aliphatic carbocycles. The van der Waals surface area contributed by atoms with Gasteiger partial charge in [0.05, 0.1) is 43.2 Å². The lowest BCUT2D eigenvalue weighted by Gasteiger charge is -2.09. The van der Waals surface area contributed by atoms with E-state index in [1.807, 2.05) is 13.0 Å². The number of unbranched alkanes of at least 4 members (excludes halogenated alkanes) is 2. The number of aryl methyl sites for hydroxylation is 1. The molecule has 0 saturated carbocycles. The molecule has 0 aliphatic rings. The van der Waals surface area contributed by atoms with Crippen LogP contribution in [-0.2, 0) is 19.1 Å². The van der Waals surface area contributed by atoms with Gasteiger partial charge in [-0.2, -0.15) is 0 Å². The Morgan fingerprint density at radius 3 is 1.55 bits per heavy atom. The first kappa shape index (κ1) is 39.3. The number of esters is 4. The van der Waals surface area contributed by atoms with Crippen LogP contribution in [0.25, 0.3) is 0 Å². The first-order valence-corrected chi connectivity index (χ1v) is 17.0. The van der Waals surface area contributed by atoms with Gasteiger partial charge in [0.15, 0.2) is 0 Å². The molecule has 0 saturated heterocycles. The van der Waals surface area contributed by atoms with Crippen molar-refractivity contribution in [3.8, 4) is 23.0 Å². The third kappa shape index (κ3) is 13.6. The number of rotatable bonds is 20. The van der Waals surface area contributed by atoms with Gasteiger partial charge in [-0.3, -0.25) is 4.99 Å². The summed E-state index contributed by atoms with van der Waals surface area (Å²) in [6.45, 7) is 10.0. The van der Waals surface area contributed by atoms with E-state index in [4.69, 9.17) is 28.4 Å². The van der Waals surface area contributed by atoms with Crippen molar-refractivity contribution in [2.24, 2.45) is 4.99 Å². The van der Waals surface area contributed by atoms with E-state index in [0.717, 1.165) is 23.3 Å². The number of carbonyl (C=O) groups excluding carboxylic acids is 4. The van der Waals surface area contributed by atoms with E-state index in [2.05, 4.69) is 18.2 Å². The van der Waals surface area contributed by atoms with Gasteiger partial charge in [0, 0.05) is 18.4 Å². The molecule has 4 rings (SSSR count). The predicted octanol–water partition coefficient (Wildman–Crippen LogP) is 7.96. The molecule has 53 heavy (non-hydrogen) atoms. The number of ether oxygens (including phenoxy) is 6. The molecule has 0 fully saturated rings. The minimum atomic E-state index is -0.506. The largest absolute Gasteiger partial charge is 0.494 e. The molecule has 4 aromatic carbocycles. The summed E-state index contributed by atoms with van der Waals surface area (Å²) in [7, 11) is 0. The van der Waals surface area contributed by atoms with Gasteiger partial charge >= 0.3 is 23.9 Å². The Morgan fingerprint density at radius 1 is 0.585 bits per heavy atom. The van der Waals surface area contributed by atoms with Gasteiger partial charge in [-0.15, -0.1) is 0 Å². The number of hydrogen-bond donors (Lipinski definition) is 0. The van der Waals surface area contributed by atoms with Crippen LogP contribution in [0.3, 0.4) is 0 Å². The lowest BCUT2D eigenvalue weighted by molar-refractivity contribution is -0.138. The zero-order chi connectivity index (χ0) is 37.8. The zero-order valence-electron chi connectivity index (χ0n) is 29.5. The van der Waals surface area contributed by atoms with E-state index in [1.54, 1.807) is 91.1 Å². The highest BCUT2D eigenvalue weighted by Gasteiger charge is 2.12. The van der Waals surface area contributed by atoms with E-state index >= 15 is 0 Å². The fourth-order valence-corrected chi connectivity index (χ4v) is 4.57. The summed E-state index contributed by atoms with van der Waals surface area (Å²) in [6, 6.07) is 25.5. The highest BCUT2D eigenvalue weighted by molar-refractivity contribution is 5.92. The van der Waals surface area contributed by atoms with Crippen LogP contribution in [0.4, 0.5) is 5.69 Å². The monoisotopic (exact) mass is 719 g/mol. The Morgan fingerprint density at radius 2 is 1.06 bits per heavy atom. The van der Waals surface area contributed by atoms with Crippen LogP contribution in [0.5, 0.6) is 23.0 Å². The Hall–Kier alpha value is -6.49. The van der Waals surface area contributed by atoms with Crippen LogP contribution in [-0.4, -0.2) is 56.5 Å². The summed E-state index contributed by atoms with van der Waals surface area (Å²) in [5.41, 5.74) is 2.97. The molecule has 274 valence electrons. The van der Waals surface area contributed by atoms with Crippen molar-refractivity contribution in [1.82, 2.24) is 0 Å². The molecule has 0 bridgehead atoms. The molecule has 11 nitrogen and oxygen atoms in total. The highest BCUT2D eigenvalue weighted by atomic mass is 16.5. The second-order valence-electron chi connectivity index (χ2n) is 11.5. The minimum absolute atomic E-state index is 0.305. The molecular formula is C42H41NO10. The fourth-order valence-electron chi connectivity index (χ4n) is 4.57. The van der Waals surface area contributed by atoms with Crippen molar-refractivity contribution in [3.05, 3.63) is 139 Å². The standard InChI is InChI=1S/C42H41NO10/c1-4-39(44)50-26-8-6-24-48-35-17-11-32(12-18-35)41(46)52-37-21-15-34(16-22-37)43-29-31-10-23-38(30(3)28-31)53-42(47)33-13-19-36(20-14-33)49-25-7-9-27-51-40(45)5-2/h4-5,10-23,28-29H,1-2,6-9,24-27H2,3H3/b43-29+. The van der Waals surface area contributed by atoms with Crippen molar-refractivity contribution in [2.75, 3.05) is 26.4 Å². The van der Waals surface area contributed by atoms with Gasteiger partial charge < -0.3 is 28.4 Å². The second-order valence-corrected chi connectivity index (χ2v) is 11.5. The number of benzene rings is 4. The molecule has 0 heterocycles. The first-order valence-electron chi connectivity index (χ1n) is 17.0. The van der Waals surface area contributed by atoms with Crippen molar-refractivity contribution < 1.29 is 47.6 Å². The van der Waals surface area contributed by atoms with E-state index < -0.39 is 23.9 Å². The smallest absolute Gasteiger partial charge is 0.343 e. The van der Waals surface area contributed by atoms with Crippen molar-refractivity contribution >= 4 is 35.8 Å². The molecule has 11 heteroatoms. The normalized spacial score (nSPS) is 10.6. The average Bonchev–Trinajstić information content (AvgIpc) is 3.18. The van der Waals surface area contributed by atoms with Gasteiger partial charge in [0.1, 0.15) is 23.0 Å². The summed E-state index contributed by atoms with van der Waals surface area (Å²) < 4.78 is 32.3. The Bertz CT molecular complexity index is 1880. The van der Waals surface area contributed by atoms with Gasteiger partial charge in [-0.25, -0.2) is 19.2 Å². The van der Waals surface area contributed by atoms with Crippen molar-refractivity contribution in [3.63, 3.8) is 0 Å². The molecule has 0 N–H and O–H groups in total. The summed E-state index contributed by atoms with van der Waals surface area (Å²) in [5, 5.41) is 0. The second kappa shape index (κ2) is 21.0. The Kier molecular flexibility index (Phi) is 15.6. The van der Waals surface area contributed by atoms with Crippen molar-refractivity contribution in [2.45, 2.75) is 32.6 Å². The van der Waals surface area contributed by atoms with Gasteiger partial charge in [-0.05, 0) is 135 Å². The van der Waals surface area contributed by atoms with Crippen LogP contribution in [0.2, 0.25) is 0 Å². The maximum absolute atomic E-state index is 12.8. The number of aliphatic imine (C=N–C) groups is 1. The fraction of sp³-hybridized carbons (Fsp3) is 0.214. The first-order chi connectivity index (χ1) is 25.7. The molecule has 4 aromatic rings. The SMILES string of the molecule is C=CC(=O)OCCCCOc1ccc(C(=O)Oc2ccc(/N=C/c3ccc(OC(=O)c4ccc(OCCCCOC(=O)C=C)cc4)c(C)c3)cc2)cc1. The summed E-state index contributed by atoms with van der Waals surface area (Å²) in [4.78, 5) is 52.0. The maximum Gasteiger partial charge on any atom is 0.343 e. The molecule has 0 aromatic heterocycles. The lowest BCUT2D eigenvalue weighted by Crippen LogP contribution is -2.09. The van der Waals surface area contributed by atoms with E-state index in [1.165, 1.54) is 0 Å². The third-order valence-corrected chi connectivity index (χ3v) is 7.43. The molecule has 0 atom stereocenters. The van der Waals surface area contributed by atoms with Crippen LogP contribution >= 0.6 is 0 Å².